The first kappa shape index (κ1) is 15.5. The molecule has 1 N–H and O–H groups in total. The molecule has 3 aromatic heterocycles. The van der Waals surface area contributed by atoms with Gasteiger partial charge in [0, 0.05) is 22.4 Å². The minimum absolute atomic E-state index is 0.150. The van der Waals surface area contributed by atoms with E-state index in [-0.39, 0.29) is 11.4 Å². The van der Waals surface area contributed by atoms with Crippen LogP contribution in [-0.2, 0) is 16.6 Å². The lowest BCUT2D eigenvalue weighted by molar-refractivity contribution is 0.582. The third-order valence-electron chi connectivity index (χ3n) is 3.43. The Hall–Kier alpha value is -2.07. The molecule has 0 spiro atoms. The van der Waals surface area contributed by atoms with Gasteiger partial charge in [0.1, 0.15) is 21.7 Å². The molecule has 1 aromatic carbocycles. The molecule has 0 radical (unpaired) electrons. The van der Waals surface area contributed by atoms with E-state index in [0.717, 1.165) is 27.9 Å². The number of benzene rings is 1. The molecule has 0 amide bonds. The summed E-state index contributed by atoms with van der Waals surface area (Å²) in [7, 11) is -3.66. The first-order chi connectivity index (χ1) is 11.6. The summed E-state index contributed by atoms with van der Waals surface area (Å²) in [5.74, 6) is 0.763. The lowest BCUT2D eigenvalue weighted by Gasteiger charge is -2.05. The van der Waals surface area contributed by atoms with E-state index in [4.69, 9.17) is 4.42 Å². The highest BCUT2D eigenvalue weighted by atomic mass is 32.2. The molecule has 0 saturated carbocycles. The molecule has 0 unspecified atom stereocenters. The van der Waals surface area contributed by atoms with Crippen molar-refractivity contribution in [1.82, 2.24) is 13.5 Å². The van der Waals surface area contributed by atoms with Gasteiger partial charge in [0.25, 0.3) is 0 Å². The molecule has 6 nitrogen and oxygen atoms in total. The zero-order valence-corrected chi connectivity index (χ0v) is 14.6. The van der Waals surface area contributed by atoms with Gasteiger partial charge in [0.2, 0.25) is 10.0 Å². The molecule has 0 aliphatic rings. The van der Waals surface area contributed by atoms with Gasteiger partial charge in [-0.3, -0.25) is 0 Å². The van der Waals surface area contributed by atoms with Crippen LogP contribution in [0.2, 0.25) is 0 Å². The summed E-state index contributed by atoms with van der Waals surface area (Å²) in [4.78, 5) is 1.05. The van der Waals surface area contributed by atoms with Crippen molar-refractivity contribution in [3.8, 4) is 11.3 Å². The van der Waals surface area contributed by atoms with Gasteiger partial charge in [0.15, 0.2) is 0 Å². The standard InChI is InChI=1S/C15H11N3O3S3/c19-24(20,14-5-1-3-12-15(14)18-23-17-12)16-8-11-7-10(9-22-11)13-4-2-6-21-13/h1-7,9,16H,8H2. The van der Waals surface area contributed by atoms with E-state index < -0.39 is 10.0 Å². The molecule has 0 saturated heterocycles. The van der Waals surface area contributed by atoms with Gasteiger partial charge in [0.05, 0.1) is 18.0 Å². The van der Waals surface area contributed by atoms with Crippen molar-refractivity contribution in [3.05, 3.63) is 52.9 Å². The smallest absolute Gasteiger partial charge is 0.243 e. The van der Waals surface area contributed by atoms with Gasteiger partial charge < -0.3 is 4.42 Å². The average Bonchev–Trinajstić information content (AvgIpc) is 3.32. The monoisotopic (exact) mass is 377 g/mol. The minimum atomic E-state index is -3.66. The maximum absolute atomic E-state index is 12.6. The van der Waals surface area contributed by atoms with Crippen molar-refractivity contribution in [2.24, 2.45) is 0 Å². The molecular weight excluding hydrogens is 366 g/mol. The Labute approximate surface area is 146 Å². The quantitative estimate of drug-likeness (QED) is 0.575. The Morgan fingerprint density at radius 2 is 2.08 bits per heavy atom. The molecule has 0 bridgehead atoms. The van der Waals surface area contributed by atoms with Gasteiger partial charge >= 0.3 is 0 Å². The highest BCUT2D eigenvalue weighted by Crippen LogP contribution is 2.26. The fourth-order valence-electron chi connectivity index (χ4n) is 2.29. The van der Waals surface area contributed by atoms with Gasteiger partial charge in [-0.05, 0) is 30.3 Å². The summed E-state index contributed by atoms with van der Waals surface area (Å²) in [6, 6.07) is 10.5. The van der Waals surface area contributed by atoms with Crippen molar-refractivity contribution < 1.29 is 12.8 Å². The minimum Gasteiger partial charge on any atom is -0.464 e. The van der Waals surface area contributed by atoms with Crippen LogP contribution < -0.4 is 4.72 Å². The normalized spacial score (nSPS) is 12.0. The Kier molecular flexibility index (Phi) is 3.93. The van der Waals surface area contributed by atoms with Crippen LogP contribution in [0.25, 0.3) is 22.4 Å². The van der Waals surface area contributed by atoms with E-state index >= 15 is 0 Å². The fourth-order valence-corrected chi connectivity index (χ4v) is 4.96. The predicted octanol–water partition coefficient (Wildman–Crippen LogP) is 3.49. The van der Waals surface area contributed by atoms with Crippen LogP contribution >= 0.6 is 23.1 Å². The number of thiophene rings is 1. The van der Waals surface area contributed by atoms with Crippen molar-refractivity contribution in [3.63, 3.8) is 0 Å². The first-order valence-electron chi connectivity index (χ1n) is 6.96. The number of rotatable bonds is 5. The van der Waals surface area contributed by atoms with Crippen molar-refractivity contribution in [1.29, 1.82) is 0 Å². The van der Waals surface area contributed by atoms with Crippen LogP contribution in [0.15, 0.2) is 57.4 Å². The number of hydrogen-bond donors (Lipinski definition) is 1. The second-order valence-corrected chi connectivity index (χ2v) is 8.25. The van der Waals surface area contributed by atoms with Crippen LogP contribution in [0.4, 0.5) is 0 Å². The molecule has 0 atom stereocenters. The molecule has 0 fully saturated rings. The zero-order valence-electron chi connectivity index (χ0n) is 12.2. The van der Waals surface area contributed by atoms with Crippen LogP contribution in [-0.4, -0.2) is 17.2 Å². The summed E-state index contributed by atoms with van der Waals surface area (Å²) in [6.07, 6.45) is 1.61. The van der Waals surface area contributed by atoms with E-state index in [1.54, 1.807) is 18.4 Å². The molecular formula is C15H11N3O3S3. The van der Waals surface area contributed by atoms with Gasteiger partial charge in [-0.1, -0.05) is 6.07 Å². The summed E-state index contributed by atoms with van der Waals surface area (Å²) >= 11 is 2.47. The molecule has 122 valence electrons. The Balaban J connectivity index is 1.56. The van der Waals surface area contributed by atoms with Crippen molar-refractivity contribution in [2.45, 2.75) is 11.4 Å². The van der Waals surface area contributed by atoms with Crippen molar-refractivity contribution >= 4 is 44.1 Å². The highest BCUT2D eigenvalue weighted by molar-refractivity contribution is 7.89. The van der Waals surface area contributed by atoms with Crippen LogP contribution in [0, 0.1) is 0 Å². The summed E-state index contributed by atoms with van der Waals surface area (Å²) in [5, 5.41) is 1.94. The fraction of sp³-hybridized carbons (Fsp3) is 0.0667. The second-order valence-electron chi connectivity index (χ2n) is 4.99. The summed E-state index contributed by atoms with van der Waals surface area (Å²) < 4.78 is 41.2. The topological polar surface area (TPSA) is 85.1 Å². The summed E-state index contributed by atoms with van der Waals surface area (Å²) in [6.45, 7) is 0.210. The Morgan fingerprint density at radius 1 is 1.17 bits per heavy atom. The third-order valence-corrected chi connectivity index (χ3v) is 6.35. The SMILES string of the molecule is O=S(=O)(NCc1cc(-c2ccco2)cs1)c1cccc2nsnc12. The number of fused-ring (bicyclic) bond motifs is 1. The van der Waals surface area contributed by atoms with E-state index in [0.29, 0.717) is 11.0 Å². The molecule has 4 aromatic rings. The van der Waals surface area contributed by atoms with Crippen LogP contribution in [0.3, 0.4) is 0 Å². The largest absolute Gasteiger partial charge is 0.464 e. The predicted molar refractivity (Wildman–Crippen MR) is 93.5 cm³/mol. The lowest BCUT2D eigenvalue weighted by Crippen LogP contribution is -2.23. The van der Waals surface area contributed by atoms with Crippen LogP contribution in [0.5, 0.6) is 0 Å². The molecule has 4 rings (SSSR count). The third kappa shape index (κ3) is 2.86. The highest BCUT2D eigenvalue weighted by Gasteiger charge is 2.19. The Bertz CT molecular complexity index is 1080. The molecule has 0 aliphatic heterocycles. The summed E-state index contributed by atoms with van der Waals surface area (Å²) in [5.41, 5.74) is 1.92. The lowest BCUT2D eigenvalue weighted by atomic mass is 10.2. The van der Waals surface area contributed by atoms with Crippen LogP contribution in [0.1, 0.15) is 4.88 Å². The number of nitrogens with one attached hydrogen (secondary N) is 1. The second kappa shape index (κ2) is 6.10. The Morgan fingerprint density at radius 3 is 2.92 bits per heavy atom. The number of hydrogen-bond acceptors (Lipinski definition) is 7. The maximum Gasteiger partial charge on any atom is 0.243 e. The first-order valence-corrected chi connectivity index (χ1v) is 10.0. The van der Waals surface area contributed by atoms with Gasteiger partial charge in [-0.15, -0.1) is 11.3 Å². The molecule has 0 aliphatic carbocycles. The van der Waals surface area contributed by atoms with E-state index in [1.165, 1.54) is 17.4 Å². The van der Waals surface area contributed by atoms with Gasteiger partial charge in [-0.25, -0.2) is 13.1 Å². The average molecular weight is 377 g/mol. The van der Waals surface area contributed by atoms with Crippen molar-refractivity contribution in [2.75, 3.05) is 0 Å². The number of furan rings is 1. The molecule has 9 heteroatoms. The zero-order chi connectivity index (χ0) is 16.6. The molecule has 3 heterocycles. The number of nitrogens with zero attached hydrogens (tertiary/aromatic N) is 2. The maximum atomic E-state index is 12.6. The van der Waals surface area contributed by atoms with E-state index in [2.05, 4.69) is 13.5 Å². The number of aromatic nitrogens is 2. The van der Waals surface area contributed by atoms with Gasteiger partial charge in [-0.2, -0.15) is 8.75 Å². The van der Waals surface area contributed by atoms with E-state index in [1.807, 2.05) is 23.6 Å². The molecule has 24 heavy (non-hydrogen) atoms. The van der Waals surface area contributed by atoms with E-state index in [9.17, 15) is 8.42 Å². The number of sulfonamides is 1.